The summed E-state index contributed by atoms with van der Waals surface area (Å²) in [6.45, 7) is 13.3. The highest BCUT2D eigenvalue weighted by molar-refractivity contribution is 5.77. The molecule has 1 saturated carbocycles. The topological polar surface area (TPSA) is 55.1 Å². The van der Waals surface area contributed by atoms with Gasteiger partial charge in [0.15, 0.2) is 0 Å². The van der Waals surface area contributed by atoms with Gasteiger partial charge in [-0.05, 0) is 42.4 Å². The highest BCUT2D eigenvalue weighted by Gasteiger charge is 2.32. The molecule has 0 saturated heterocycles. The number of rotatable bonds is 5. The molecule has 0 bridgehead atoms. The minimum absolute atomic E-state index is 0.0137. The molecule has 3 nitrogen and oxygen atoms in total. The molecule has 0 aromatic rings. The average Bonchev–Trinajstić information content (AvgIpc) is 2.38. The van der Waals surface area contributed by atoms with Gasteiger partial charge in [-0.1, -0.05) is 48.0 Å². The van der Waals surface area contributed by atoms with Crippen molar-refractivity contribution in [3.8, 4) is 0 Å². The molecule has 1 atom stereocenters. The Hall–Kier alpha value is -0.570. The molecule has 3 heteroatoms. The van der Waals surface area contributed by atoms with E-state index in [0.717, 1.165) is 18.8 Å². The minimum atomic E-state index is -0.0761. The molecule has 21 heavy (non-hydrogen) atoms. The van der Waals surface area contributed by atoms with E-state index in [1.54, 1.807) is 0 Å². The number of amides is 1. The molecule has 0 spiro atoms. The molecule has 3 N–H and O–H groups in total. The van der Waals surface area contributed by atoms with E-state index in [0.29, 0.717) is 17.9 Å². The van der Waals surface area contributed by atoms with E-state index in [2.05, 4.69) is 46.9 Å². The summed E-state index contributed by atoms with van der Waals surface area (Å²) in [7, 11) is 0. The minimum Gasteiger partial charge on any atom is -0.353 e. The second-order valence-corrected chi connectivity index (χ2v) is 8.63. The summed E-state index contributed by atoms with van der Waals surface area (Å²) in [5.74, 6) is 0.920. The van der Waals surface area contributed by atoms with E-state index in [1.165, 1.54) is 19.3 Å². The Labute approximate surface area is 131 Å². The van der Waals surface area contributed by atoms with Crippen LogP contribution in [0.25, 0.3) is 0 Å². The van der Waals surface area contributed by atoms with Crippen molar-refractivity contribution in [3.05, 3.63) is 0 Å². The summed E-state index contributed by atoms with van der Waals surface area (Å²) in [5.41, 5.74) is 6.51. The Morgan fingerprint density at radius 1 is 1.14 bits per heavy atom. The van der Waals surface area contributed by atoms with Crippen molar-refractivity contribution in [1.29, 1.82) is 0 Å². The Morgan fingerprint density at radius 2 is 1.67 bits per heavy atom. The number of carbonyl (C=O) groups excluding carboxylic acids is 1. The van der Waals surface area contributed by atoms with Gasteiger partial charge in [0.05, 0.1) is 0 Å². The third-order valence-corrected chi connectivity index (χ3v) is 5.63. The quantitative estimate of drug-likeness (QED) is 0.809. The average molecular weight is 296 g/mol. The maximum Gasteiger partial charge on any atom is 0.221 e. The lowest BCUT2D eigenvalue weighted by Crippen LogP contribution is -2.44. The van der Waals surface area contributed by atoms with Gasteiger partial charge in [0.1, 0.15) is 0 Å². The van der Waals surface area contributed by atoms with Gasteiger partial charge in [0.25, 0.3) is 0 Å². The van der Waals surface area contributed by atoms with E-state index in [-0.39, 0.29) is 17.4 Å². The molecule has 1 amide bonds. The summed E-state index contributed by atoms with van der Waals surface area (Å²) < 4.78 is 0. The lowest BCUT2D eigenvalue weighted by molar-refractivity contribution is -0.123. The van der Waals surface area contributed by atoms with Gasteiger partial charge in [-0.3, -0.25) is 4.79 Å². The Balaban J connectivity index is 2.38. The van der Waals surface area contributed by atoms with Gasteiger partial charge >= 0.3 is 0 Å². The number of nitrogens with one attached hydrogen (secondary N) is 1. The predicted molar refractivity (Wildman–Crippen MR) is 90.0 cm³/mol. The molecule has 124 valence electrons. The normalized spacial score (nSPS) is 25.5. The third-order valence-electron chi connectivity index (χ3n) is 5.63. The fourth-order valence-corrected chi connectivity index (χ4v) is 3.10. The zero-order valence-electron chi connectivity index (χ0n) is 15.0. The fourth-order valence-electron chi connectivity index (χ4n) is 3.10. The number of nitrogens with two attached hydrogens (primary N) is 1. The van der Waals surface area contributed by atoms with Crippen LogP contribution in [0.2, 0.25) is 0 Å². The van der Waals surface area contributed by atoms with Crippen LogP contribution in [0.3, 0.4) is 0 Å². The van der Waals surface area contributed by atoms with Crippen LogP contribution in [0.5, 0.6) is 0 Å². The number of hydrogen-bond donors (Lipinski definition) is 2. The van der Waals surface area contributed by atoms with Crippen LogP contribution in [0.4, 0.5) is 0 Å². The van der Waals surface area contributed by atoms with Crippen LogP contribution >= 0.6 is 0 Å². The summed E-state index contributed by atoms with van der Waals surface area (Å²) >= 11 is 0. The predicted octanol–water partition coefficient (Wildman–Crippen LogP) is 3.86. The van der Waals surface area contributed by atoms with Gasteiger partial charge in [0, 0.05) is 18.5 Å². The molecule has 1 aliphatic carbocycles. The van der Waals surface area contributed by atoms with Crippen molar-refractivity contribution in [3.63, 3.8) is 0 Å². The van der Waals surface area contributed by atoms with Crippen molar-refractivity contribution in [2.24, 2.45) is 22.5 Å². The molecule has 0 heterocycles. The van der Waals surface area contributed by atoms with Gasteiger partial charge in [0.2, 0.25) is 5.91 Å². The van der Waals surface area contributed by atoms with Crippen molar-refractivity contribution < 1.29 is 4.79 Å². The van der Waals surface area contributed by atoms with E-state index in [9.17, 15) is 4.79 Å². The van der Waals surface area contributed by atoms with Crippen LogP contribution in [-0.2, 0) is 4.79 Å². The SMILES string of the molecule is CCC(C)(C)C1CCC(NC(=O)CC(N)C(C)(C)C)CC1. The largest absolute Gasteiger partial charge is 0.353 e. The fraction of sp³-hybridized carbons (Fsp3) is 0.944. The molecule has 0 radical (unpaired) electrons. The molecule has 1 unspecified atom stereocenters. The zero-order valence-corrected chi connectivity index (χ0v) is 15.0. The summed E-state index contributed by atoms with van der Waals surface area (Å²) in [6, 6.07) is 0.279. The molecule has 0 aromatic heterocycles. The Kier molecular flexibility index (Phi) is 6.27. The molecular weight excluding hydrogens is 260 g/mol. The second-order valence-electron chi connectivity index (χ2n) is 8.63. The maximum absolute atomic E-state index is 12.1. The zero-order chi connectivity index (χ0) is 16.3. The molecule has 0 aromatic carbocycles. The van der Waals surface area contributed by atoms with Crippen molar-refractivity contribution in [2.45, 2.75) is 92.2 Å². The first-order valence-corrected chi connectivity index (χ1v) is 8.61. The summed E-state index contributed by atoms with van der Waals surface area (Å²) in [6.07, 6.45) is 6.36. The first kappa shape index (κ1) is 18.5. The monoisotopic (exact) mass is 296 g/mol. The van der Waals surface area contributed by atoms with E-state index < -0.39 is 0 Å². The summed E-state index contributed by atoms with van der Waals surface area (Å²) in [5, 5.41) is 3.19. The lowest BCUT2D eigenvalue weighted by atomic mass is 9.69. The van der Waals surface area contributed by atoms with E-state index >= 15 is 0 Å². The van der Waals surface area contributed by atoms with Crippen LogP contribution in [0.1, 0.15) is 80.1 Å². The van der Waals surface area contributed by atoms with Gasteiger partial charge in [-0.25, -0.2) is 0 Å². The second kappa shape index (κ2) is 7.13. The molecule has 1 fully saturated rings. The lowest BCUT2D eigenvalue weighted by Gasteiger charge is -2.39. The van der Waals surface area contributed by atoms with E-state index in [1.807, 2.05) is 0 Å². The maximum atomic E-state index is 12.1. The molecule has 1 rings (SSSR count). The Morgan fingerprint density at radius 3 is 2.10 bits per heavy atom. The third kappa shape index (κ3) is 5.61. The van der Waals surface area contributed by atoms with Gasteiger partial charge < -0.3 is 11.1 Å². The van der Waals surface area contributed by atoms with Crippen LogP contribution < -0.4 is 11.1 Å². The Bertz CT molecular complexity index is 336. The standard InChI is InChI=1S/C18H36N2O/c1-7-18(5,6)13-8-10-14(11-9-13)20-16(21)12-15(19)17(2,3)4/h13-15H,7-12,19H2,1-6H3,(H,20,21). The van der Waals surface area contributed by atoms with Gasteiger partial charge in [-0.2, -0.15) is 0 Å². The number of hydrogen-bond acceptors (Lipinski definition) is 2. The highest BCUT2D eigenvalue weighted by atomic mass is 16.1. The molecule has 0 aliphatic heterocycles. The van der Waals surface area contributed by atoms with Crippen LogP contribution in [0.15, 0.2) is 0 Å². The smallest absolute Gasteiger partial charge is 0.221 e. The van der Waals surface area contributed by atoms with Crippen LogP contribution in [0, 0.1) is 16.7 Å². The van der Waals surface area contributed by atoms with Crippen LogP contribution in [-0.4, -0.2) is 18.0 Å². The first-order chi connectivity index (χ1) is 9.56. The van der Waals surface area contributed by atoms with Crippen molar-refractivity contribution >= 4 is 5.91 Å². The van der Waals surface area contributed by atoms with Crippen molar-refractivity contribution in [1.82, 2.24) is 5.32 Å². The molecular formula is C18H36N2O. The van der Waals surface area contributed by atoms with Gasteiger partial charge in [-0.15, -0.1) is 0 Å². The highest BCUT2D eigenvalue weighted by Crippen LogP contribution is 2.40. The van der Waals surface area contributed by atoms with E-state index in [4.69, 9.17) is 5.73 Å². The molecule has 1 aliphatic rings. The number of carbonyl (C=O) groups is 1. The summed E-state index contributed by atoms with van der Waals surface area (Å²) in [4.78, 5) is 12.1. The first-order valence-electron chi connectivity index (χ1n) is 8.61. The van der Waals surface area contributed by atoms with Crippen molar-refractivity contribution in [2.75, 3.05) is 0 Å².